The summed E-state index contributed by atoms with van der Waals surface area (Å²) in [5, 5.41) is 7.68. The first kappa shape index (κ1) is 26.1. The van der Waals surface area contributed by atoms with Gasteiger partial charge in [-0.05, 0) is 73.0 Å². The molecule has 0 saturated carbocycles. The zero-order valence-electron chi connectivity index (χ0n) is 19.5. The highest BCUT2D eigenvalue weighted by molar-refractivity contribution is 6.35. The Hall–Kier alpha value is -3.55. The van der Waals surface area contributed by atoms with Crippen LogP contribution in [-0.2, 0) is 16.2 Å². The predicted octanol–water partition coefficient (Wildman–Crippen LogP) is 5.68. The van der Waals surface area contributed by atoms with Crippen molar-refractivity contribution >= 4 is 46.9 Å². The van der Waals surface area contributed by atoms with E-state index in [-0.39, 0.29) is 13.0 Å². The van der Waals surface area contributed by atoms with Gasteiger partial charge in [-0.15, -0.1) is 0 Å². The molecule has 2 amide bonds. The van der Waals surface area contributed by atoms with E-state index in [1.165, 1.54) is 13.3 Å². The minimum absolute atomic E-state index is 0.236. The number of anilines is 1. The molecule has 7 nitrogen and oxygen atoms in total. The van der Waals surface area contributed by atoms with Crippen molar-refractivity contribution in [3.8, 4) is 11.5 Å². The summed E-state index contributed by atoms with van der Waals surface area (Å²) in [6.07, 6.45) is 1.09. The van der Waals surface area contributed by atoms with Gasteiger partial charge in [-0.1, -0.05) is 35.3 Å². The number of nitrogens with one attached hydrogen (secondary N) is 2. The number of carbonyl (C=O) groups excluding carboxylic acids is 2. The molecule has 0 fully saturated rings. The molecule has 0 spiro atoms. The van der Waals surface area contributed by atoms with Crippen LogP contribution >= 0.6 is 23.2 Å². The molecule has 35 heavy (non-hydrogen) atoms. The smallest absolute Gasteiger partial charge is 0.249 e. The summed E-state index contributed by atoms with van der Waals surface area (Å²) in [6.45, 7) is 4.18. The van der Waals surface area contributed by atoms with Crippen LogP contribution in [-0.4, -0.2) is 25.1 Å². The number of amides is 2. The molecule has 0 aromatic heterocycles. The summed E-state index contributed by atoms with van der Waals surface area (Å²) in [7, 11) is 1.52. The molecule has 0 radical (unpaired) electrons. The van der Waals surface area contributed by atoms with Crippen molar-refractivity contribution in [2.75, 3.05) is 12.4 Å². The van der Waals surface area contributed by atoms with Crippen molar-refractivity contribution in [3.63, 3.8) is 0 Å². The maximum Gasteiger partial charge on any atom is 0.249 e. The highest BCUT2D eigenvalue weighted by atomic mass is 35.5. The maximum absolute atomic E-state index is 12.1. The number of benzene rings is 3. The third-order valence-electron chi connectivity index (χ3n) is 5.10. The first-order valence-corrected chi connectivity index (χ1v) is 11.4. The molecule has 0 unspecified atom stereocenters. The molecule has 0 aliphatic carbocycles. The van der Waals surface area contributed by atoms with Crippen molar-refractivity contribution in [3.05, 3.63) is 86.9 Å². The molecule has 0 aliphatic heterocycles. The fourth-order valence-electron chi connectivity index (χ4n) is 3.07. The Kier molecular flexibility index (Phi) is 9.11. The minimum Gasteiger partial charge on any atom is -0.493 e. The zero-order valence-corrected chi connectivity index (χ0v) is 21.0. The van der Waals surface area contributed by atoms with Crippen LogP contribution in [0.25, 0.3) is 0 Å². The van der Waals surface area contributed by atoms with E-state index in [1.807, 2.05) is 26.0 Å². The Morgan fingerprint density at radius 2 is 1.74 bits per heavy atom. The largest absolute Gasteiger partial charge is 0.493 e. The van der Waals surface area contributed by atoms with Crippen LogP contribution < -0.4 is 20.2 Å². The molecular weight excluding hydrogens is 489 g/mol. The molecule has 0 heterocycles. The molecule has 3 rings (SSSR count). The van der Waals surface area contributed by atoms with Crippen LogP contribution in [0.1, 0.15) is 28.7 Å². The Bertz CT molecular complexity index is 1260. The molecule has 3 aromatic carbocycles. The second-order valence-corrected chi connectivity index (χ2v) is 8.60. The predicted molar refractivity (Wildman–Crippen MR) is 139 cm³/mol. The van der Waals surface area contributed by atoms with E-state index < -0.39 is 11.8 Å². The number of aryl methyl sites for hydroxylation is 2. The number of halogens is 2. The monoisotopic (exact) mass is 513 g/mol. The third kappa shape index (κ3) is 7.73. The standard InChI is InChI=1S/C26H25Cl2N3O4/c1-16-4-8-21(10-17(16)2)30-25(32)13-26(33)31-29-14-18-5-9-23(24(11-18)34-3)35-15-19-6-7-20(27)12-22(19)28/h4-12,14H,13,15H2,1-3H3,(H,30,32)(H,31,33). The Balaban J connectivity index is 1.52. The Morgan fingerprint density at radius 3 is 2.46 bits per heavy atom. The lowest BCUT2D eigenvalue weighted by Crippen LogP contribution is -2.24. The number of hydrogen-bond donors (Lipinski definition) is 2. The van der Waals surface area contributed by atoms with Gasteiger partial charge in [0.25, 0.3) is 0 Å². The van der Waals surface area contributed by atoms with Crippen LogP contribution in [0.4, 0.5) is 5.69 Å². The van der Waals surface area contributed by atoms with Gasteiger partial charge >= 0.3 is 0 Å². The summed E-state index contributed by atoms with van der Waals surface area (Å²) in [4.78, 5) is 24.2. The van der Waals surface area contributed by atoms with Gasteiger partial charge in [0, 0.05) is 21.3 Å². The van der Waals surface area contributed by atoms with Crippen LogP contribution in [0.5, 0.6) is 11.5 Å². The van der Waals surface area contributed by atoms with Gasteiger partial charge in [-0.25, -0.2) is 5.43 Å². The molecule has 0 saturated heterocycles. The Morgan fingerprint density at radius 1 is 0.943 bits per heavy atom. The maximum atomic E-state index is 12.1. The van der Waals surface area contributed by atoms with E-state index in [2.05, 4.69) is 15.8 Å². The van der Waals surface area contributed by atoms with Gasteiger partial charge < -0.3 is 14.8 Å². The highest BCUT2D eigenvalue weighted by Gasteiger charge is 2.10. The molecular formula is C26H25Cl2N3O4. The van der Waals surface area contributed by atoms with Crippen LogP contribution in [0, 0.1) is 13.8 Å². The summed E-state index contributed by atoms with van der Waals surface area (Å²) in [5.41, 5.74) is 6.62. The fourth-order valence-corrected chi connectivity index (χ4v) is 3.53. The van der Waals surface area contributed by atoms with E-state index in [0.29, 0.717) is 32.8 Å². The molecule has 0 atom stereocenters. The van der Waals surface area contributed by atoms with Crippen molar-refractivity contribution < 1.29 is 19.1 Å². The van der Waals surface area contributed by atoms with Crippen LogP contribution in [0.3, 0.4) is 0 Å². The first-order valence-electron chi connectivity index (χ1n) is 10.7. The molecule has 3 aromatic rings. The number of hydrogen-bond acceptors (Lipinski definition) is 5. The second-order valence-electron chi connectivity index (χ2n) is 7.75. The van der Waals surface area contributed by atoms with Gasteiger partial charge in [0.15, 0.2) is 11.5 Å². The van der Waals surface area contributed by atoms with Gasteiger partial charge in [-0.3, -0.25) is 9.59 Å². The summed E-state index contributed by atoms with van der Waals surface area (Å²) in [5.74, 6) is 0.0418. The number of carbonyl (C=O) groups is 2. The Labute approximate surface area is 214 Å². The lowest BCUT2D eigenvalue weighted by Gasteiger charge is -2.12. The second kappa shape index (κ2) is 12.2. The third-order valence-corrected chi connectivity index (χ3v) is 5.69. The average molecular weight is 514 g/mol. The molecule has 0 aliphatic rings. The number of hydrazone groups is 1. The van der Waals surface area contributed by atoms with Crippen LogP contribution in [0.15, 0.2) is 59.7 Å². The van der Waals surface area contributed by atoms with Crippen molar-refractivity contribution in [1.29, 1.82) is 0 Å². The molecule has 9 heteroatoms. The van der Waals surface area contributed by atoms with Crippen molar-refractivity contribution in [2.24, 2.45) is 5.10 Å². The van der Waals surface area contributed by atoms with Gasteiger partial charge in [0.05, 0.1) is 13.3 Å². The van der Waals surface area contributed by atoms with Crippen LogP contribution in [0.2, 0.25) is 10.0 Å². The summed E-state index contributed by atoms with van der Waals surface area (Å²) in [6, 6.07) is 15.9. The fraction of sp³-hybridized carbons (Fsp3) is 0.192. The molecule has 182 valence electrons. The first-order chi connectivity index (χ1) is 16.7. The molecule has 2 N–H and O–H groups in total. The number of rotatable bonds is 9. The van der Waals surface area contributed by atoms with Gasteiger partial charge in [0.1, 0.15) is 13.0 Å². The van der Waals surface area contributed by atoms with E-state index in [4.69, 9.17) is 32.7 Å². The zero-order chi connectivity index (χ0) is 25.4. The number of methoxy groups -OCH3 is 1. The lowest BCUT2D eigenvalue weighted by atomic mass is 10.1. The lowest BCUT2D eigenvalue weighted by molar-refractivity contribution is -0.126. The van der Waals surface area contributed by atoms with E-state index in [0.717, 1.165) is 16.7 Å². The number of nitrogens with zero attached hydrogens (tertiary/aromatic N) is 1. The molecule has 0 bridgehead atoms. The quantitative estimate of drug-likeness (QED) is 0.219. The topological polar surface area (TPSA) is 89.0 Å². The number of ether oxygens (including phenoxy) is 2. The highest BCUT2D eigenvalue weighted by Crippen LogP contribution is 2.29. The SMILES string of the molecule is COc1cc(C=NNC(=O)CC(=O)Nc2ccc(C)c(C)c2)ccc1OCc1ccc(Cl)cc1Cl. The average Bonchev–Trinajstić information content (AvgIpc) is 2.81. The summed E-state index contributed by atoms with van der Waals surface area (Å²) < 4.78 is 11.2. The van der Waals surface area contributed by atoms with Gasteiger partial charge in [0.2, 0.25) is 11.8 Å². The minimum atomic E-state index is -0.533. The normalized spacial score (nSPS) is 10.8. The van der Waals surface area contributed by atoms with E-state index in [9.17, 15) is 9.59 Å². The van der Waals surface area contributed by atoms with Gasteiger partial charge in [-0.2, -0.15) is 5.10 Å². The van der Waals surface area contributed by atoms with E-state index >= 15 is 0 Å². The summed E-state index contributed by atoms with van der Waals surface area (Å²) >= 11 is 12.1. The van der Waals surface area contributed by atoms with Crippen molar-refractivity contribution in [1.82, 2.24) is 5.43 Å². The van der Waals surface area contributed by atoms with E-state index in [1.54, 1.807) is 42.5 Å². The van der Waals surface area contributed by atoms with Crippen molar-refractivity contribution in [2.45, 2.75) is 26.9 Å².